The number of benzene rings is 2. The van der Waals surface area contributed by atoms with Crippen molar-refractivity contribution in [3.8, 4) is 0 Å². The van der Waals surface area contributed by atoms with E-state index in [1.165, 1.54) is 11.6 Å². The van der Waals surface area contributed by atoms with Crippen molar-refractivity contribution in [1.29, 1.82) is 0 Å². The maximum absolute atomic E-state index is 13.9. The topological polar surface area (TPSA) is 35.6 Å². The molecule has 0 radical (unpaired) electrons. The van der Waals surface area contributed by atoms with Gasteiger partial charge in [0.2, 0.25) is 5.91 Å². The van der Waals surface area contributed by atoms with Gasteiger partial charge in [0.1, 0.15) is 5.54 Å². The second-order valence-electron chi connectivity index (χ2n) is 8.11. The van der Waals surface area contributed by atoms with E-state index in [-0.39, 0.29) is 12.5 Å². The number of carbonyl (C=O) groups excluding carboxylic acids is 1. The number of nitrogens with zero attached hydrogens (tertiary/aromatic N) is 2. The summed E-state index contributed by atoms with van der Waals surface area (Å²) in [7, 11) is 1.69. The van der Waals surface area contributed by atoms with Crippen LogP contribution in [0.15, 0.2) is 48.5 Å². The van der Waals surface area contributed by atoms with Gasteiger partial charge in [-0.25, -0.2) is 0 Å². The zero-order valence-corrected chi connectivity index (χ0v) is 17.0. The number of carbonyl (C=O) groups is 1. The van der Waals surface area contributed by atoms with Crippen molar-refractivity contribution >= 4 is 5.91 Å². The van der Waals surface area contributed by atoms with Crippen LogP contribution < -0.4 is 5.32 Å². The number of alkyl halides is 3. The Morgan fingerprint density at radius 2 is 1.87 bits per heavy atom. The number of hydrogen-bond acceptors (Lipinski definition) is 3. The van der Waals surface area contributed by atoms with E-state index >= 15 is 0 Å². The van der Waals surface area contributed by atoms with E-state index in [0.29, 0.717) is 12.0 Å². The highest BCUT2D eigenvalue weighted by atomic mass is 19.4. The lowest BCUT2D eigenvalue weighted by molar-refractivity contribution is -0.145. The van der Waals surface area contributed by atoms with Gasteiger partial charge in [-0.3, -0.25) is 9.69 Å². The Bertz CT molecular complexity index is 924. The van der Waals surface area contributed by atoms with Crippen molar-refractivity contribution in [3.05, 3.63) is 70.8 Å². The highest BCUT2D eigenvalue weighted by Crippen LogP contribution is 2.43. The van der Waals surface area contributed by atoms with Gasteiger partial charge in [0.05, 0.1) is 5.56 Å². The van der Waals surface area contributed by atoms with Crippen molar-refractivity contribution in [3.63, 3.8) is 0 Å². The number of nitrogens with one attached hydrogen (secondary N) is 1. The number of hydrogen-bond donors (Lipinski definition) is 1. The Kier molecular flexibility index (Phi) is 5.59. The fourth-order valence-corrected chi connectivity index (χ4v) is 4.83. The second-order valence-corrected chi connectivity index (χ2v) is 8.11. The Morgan fingerprint density at radius 1 is 1.13 bits per heavy atom. The first-order chi connectivity index (χ1) is 14.3. The minimum absolute atomic E-state index is 0.0493. The van der Waals surface area contributed by atoms with E-state index in [1.54, 1.807) is 18.0 Å². The summed E-state index contributed by atoms with van der Waals surface area (Å²) < 4.78 is 39.3. The summed E-state index contributed by atoms with van der Waals surface area (Å²) in [4.78, 5) is 17.7. The molecule has 4 rings (SSSR count). The van der Waals surface area contributed by atoms with Crippen molar-refractivity contribution in [2.24, 2.45) is 0 Å². The van der Waals surface area contributed by atoms with Crippen LogP contribution in [-0.2, 0) is 29.5 Å². The van der Waals surface area contributed by atoms with E-state index in [1.807, 2.05) is 18.2 Å². The minimum atomic E-state index is -4.40. The number of aryl methyl sites for hydroxylation is 1. The Hall–Kier alpha value is -2.38. The third-order valence-corrected chi connectivity index (χ3v) is 6.25. The monoisotopic (exact) mass is 417 g/mol. The van der Waals surface area contributed by atoms with Crippen molar-refractivity contribution in [2.75, 3.05) is 33.2 Å². The first-order valence-electron chi connectivity index (χ1n) is 10.3. The molecule has 1 saturated heterocycles. The van der Waals surface area contributed by atoms with Gasteiger partial charge < -0.3 is 10.2 Å². The molecule has 0 unspecified atom stereocenters. The number of fused-ring (bicyclic) bond motifs is 1. The molecule has 2 aromatic carbocycles. The van der Waals surface area contributed by atoms with E-state index < -0.39 is 17.3 Å². The van der Waals surface area contributed by atoms with Gasteiger partial charge in [-0.05, 0) is 41.7 Å². The quantitative estimate of drug-likeness (QED) is 0.828. The van der Waals surface area contributed by atoms with Crippen molar-refractivity contribution < 1.29 is 18.0 Å². The summed E-state index contributed by atoms with van der Waals surface area (Å²) in [5.74, 6) is -0.0493. The molecule has 1 atom stereocenters. The molecule has 1 heterocycles. The molecule has 0 saturated carbocycles. The second kappa shape index (κ2) is 8.04. The Morgan fingerprint density at radius 3 is 2.60 bits per heavy atom. The summed E-state index contributed by atoms with van der Waals surface area (Å²) in [5, 5.41) is 3.33. The lowest BCUT2D eigenvalue weighted by Gasteiger charge is -2.44. The van der Waals surface area contributed by atoms with Crippen molar-refractivity contribution in [1.82, 2.24) is 15.1 Å². The van der Waals surface area contributed by atoms with E-state index in [0.717, 1.165) is 50.3 Å². The van der Waals surface area contributed by atoms with Gasteiger partial charge in [-0.1, -0.05) is 36.4 Å². The molecule has 7 heteroatoms. The van der Waals surface area contributed by atoms with Crippen LogP contribution in [-0.4, -0.2) is 48.9 Å². The van der Waals surface area contributed by atoms with Crippen LogP contribution in [0, 0.1) is 0 Å². The average Bonchev–Trinajstić information content (AvgIpc) is 3.14. The fourth-order valence-electron chi connectivity index (χ4n) is 4.83. The molecule has 2 aromatic rings. The van der Waals surface area contributed by atoms with Crippen LogP contribution in [0.4, 0.5) is 13.2 Å². The summed E-state index contributed by atoms with van der Waals surface area (Å²) in [6.07, 6.45) is -2.88. The molecule has 1 amide bonds. The minimum Gasteiger partial charge on any atom is -0.340 e. The number of amides is 1. The molecule has 0 bridgehead atoms. The summed E-state index contributed by atoms with van der Waals surface area (Å²) in [5.41, 5.74) is 1.24. The molecular formula is C23H26F3N3O. The highest BCUT2D eigenvalue weighted by Gasteiger charge is 2.51. The molecule has 1 aliphatic heterocycles. The largest absolute Gasteiger partial charge is 0.416 e. The molecule has 1 aliphatic carbocycles. The third kappa shape index (κ3) is 3.72. The van der Waals surface area contributed by atoms with E-state index in [9.17, 15) is 18.0 Å². The Balaban J connectivity index is 1.65. The number of piperazine rings is 1. The molecule has 4 nitrogen and oxygen atoms in total. The van der Waals surface area contributed by atoms with Gasteiger partial charge in [0.25, 0.3) is 0 Å². The molecular weight excluding hydrogens is 391 g/mol. The van der Waals surface area contributed by atoms with Crippen LogP contribution in [0.1, 0.15) is 28.7 Å². The number of likely N-dealkylation sites (N-methyl/N-ethyl adjacent to an activating group) is 1. The van der Waals surface area contributed by atoms with Crippen molar-refractivity contribution in [2.45, 2.75) is 31.1 Å². The molecule has 1 N–H and O–H groups in total. The van der Waals surface area contributed by atoms with Crippen LogP contribution in [0.2, 0.25) is 0 Å². The first-order valence-corrected chi connectivity index (χ1v) is 10.3. The van der Waals surface area contributed by atoms with Crippen LogP contribution >= 0.6 is 0 Å². The average molecular weight is 417 g/mol. The first kappa shape index (κ1) is 20.9. The van der Waals surface area contributed by atoms with E-state index in [4.69, 9.17) is 0 Å². The van der Waals surface area contributed by atoms with Crippen LogP contribution in [0.5, 0.6) is 0 Å². The fraction of sp³-hybridized carbons (Fsp3) is 0.435. The summed E-state index contributed by atoms with van der Waals surface area (Å²) in [6.45, 7) is 3.29. The lowest BCUT2D eigenvalue weighted by atomic mass is 9.87. The van der Waals surface area contributed by atoms with Gasteiger partial charge in [-0.2, -0.15) is 13.2 Å². The normalized spacial score (nSPS) is 22.0. The highest BCUT2D eigenvalue weighted by molar-refractivity contribution is 5.89. The zero-order chi connectivity index (χ0) is 21.4. The van der Waals surface area contributed by atoms with Gasteiger partial charge in [0.15, 0.2) is 0 Å². The standard InChI is InChI=1S/C23H26F3N3O/c1-28(16-17-5-4-7-19(15-17)23(24,25)26)21(30)22(29-13-11-27-12-14-29)10-9-18-6-2-3-8-20(18)22/h2-8,15,27H,9-14,16H2,1H3/t22-/m0/s1. The maximum Gasteiger partial charge on any atom is 0.416 e. The molecule has 0 aromatic heterocycles. The smallest absolute Gasteiger partial charge is 0.340 e. The molecule has 0 spiro atoms. The zero-order valence-electron chi connectivity index (χ0n) is 17.0. The van der Waals surface area contributed by atoms with E-state index in [2.05, 4.69) is 16.3 Å². The number of rotatable bonds is 4. The molecule has 1 fully saturated rings. The summed E-state index contributed by atoms with van der Waals surface area (Å²) in [6, 6.07) is 13.3. The van der Waals surface area contributed by atoms with Gasteiger partial charge in [-0.15, -0.1) is 0 Å². The predicted molar refractivity (Wildman–Crippen MR) is 109 cm³/mol. The number of halogens is 3. The lowest BCUT2D eigenvalue weighted by Crippen LogP contribution is -2.60. The van der Waals surface area contributed by atoms with Crippen LogP contribution in [0.3, 0.4) is 0 Å². The molecule has 160 valence electrons. The summed E-state index contributed by atoms with van der Waals surface area (Å²) >= 11 is 0. The molecule has 2 aliphatic rings. The van der Waals surface area contributed by atoms with Gasteiger partial charge in [0, 0.05) is 39.8 Å². The molecule has 30 heavy (non-hydrogen) atoms. The Labute approximate surface area is 174 Å². The maximum atomic E-state index is 13.9. The SMILES string of the molecule is CN(Cc1cccc(C(F)(F)F)c1)C(=O)[C@]1(N2CCNCC2)CCc2ccccc21. The third-order valence-electron chi connectivity index (χ3n) is 6.25. The van der Waals surface area contributed by atoms with Crippen LogP contribution in [0.25, 0.3) is 0 Å². The predicted octanol–water partition coefficient (Wildman–Crippen LogP) is 3.41. The van der Waals surface area contributed by atoms with Gasteiger partial charge >= 0.3 is 6.18 Å².